The van der Waals surface area contributed by atoms with Gasteiger partial charge in [0.25, 0.3) is 0 Å². The minimum Gasteiger partial charge on any atom is -0.356 e. The number of nitrogens with zero attached hydrogens (tertiary/aromatic N) is 2. The first-order chi connectivity index (χ1) is 10.1. The van der Waals surface area contributed by atoms with Crippen LogP contribution in [0.5, 0.6) is 0 Å². The van der Waals surface area contributed by atoms with E-state index in [0.29, 0.717) is 0 Å². The van der Waals surface area contributed by atoms with Crippen molar-refractivity contribution < 1.29 is 4.79 Å². The van der Waals surface area contributed by atoms with Crippen molar-refractivity contribution in [3.8, 4) is 0 Å². The smallest absolute Gasteiger partial charge is 0.243 e. The molecule has 21 heavy (non-hydrogen) atoms. The lowest BCUT2D eigenvalue weighted by Crippen LogP contribution is -2.41. The largest absolute Gasteiger partial charge is 0.356 e. The van der Waals surface area contributed by atoms with Crippen LogP contribution in [0.25, 0.3) is 0 Å². The van der Waals surface area contributed by atoms with Crippen LogP contribution in [0.2, 0.25) is 0 Å². The fourth-order valence-corrected chi connectivity index (χ4v) is 2.66. The predicted molar refractivity (Wildman–Crippen MR) is 86.3 cm³/mol. The van der Waals surface area contributed by atoms with Crippen LogP contribution >= 0.6 is 0 Å². The number of aliphatic imine (C=N–C) groups is 1. The molecule has 120 valence electrons. The van der Waals surface area contributed by atoms with E-state index in [1.165, 1.54) is 44.9 Å². The molecule has 0 saturated heterocycles. The molecule has 5 heteroatoms. The summed E-state index contributed by atoms with van der Waals surface area (Å²) < 4.78 is 0. The van der Waals surface area contributed by atoms with E-state index >= 15 is 0 Å². The fourth-order valence-electron chi connectivity index (χ4n) is 2.66. The van der Waals surface area contributed by atoms with Crippen molar-refractivity contribution in [2.75, 3.05) is 33.7 Å². The second kappa shape index (κ2) is 8.25. The van der Waals surface area contributed by atoms with Crippen molar-refractivity contribution in [1.82, 2.24) is 15.5 Å². The summed E-state index contributed by atoms with van der Waals surface area (Å²) in [4.78, 5) is 17.7. The van der Waals surface area contributed by atoms with Gasteiger partial charge in [0, 0.05) is 27.2 Å². The summed E-state index contributed by atoms with van der Waals surface area (Å²) in [6, 6.07) is 0. The molecule has 2 N–H and O–H groups in total. The van der Waals surface area contributed by atoms with Gasteiger partial charge in [0.2, 0.25) is 5.91 Å². The highest BCUT2D eigenvalue weighted by Crippen LogP contribution is 2.27. The van der Waals surface area contributed by atoms with Gasteiger partial charge in [-0.15, -0.1) is 0 Å². The van der Waals surface area contributed by atoms with Crippen molar-refractivity contribution in [2.24, 2.45) is 16.8 Å². The summed E-state index contributed by atoms with van der Waals surface area (Å²) in [5, 5.41) is 6.82. The van der Waals surface area contributed by atoms with E-state index < -0.39 is 0 Å². The molecular weight excluding hydrogens is 264 g/mol. The molecule has 2 fully saturated rings. The average molecular weight is 294 g/mol. The van der Waals surface area contributed by atoms with Crippen LogP contribution in [-0.2, 0) is 4.79 Å². The van der Waals surface area contributed by atoms with Crippen LogP contribution in [0.1, 0.15) is 44.9 Å². The molecule has 2 rings (SSSR count). The molecule has 0 heterocycles. The zero-order valence-corrected chi connectivity index (χ0v) is 13.5. The van der Waals surface area contributed by atoms with Gasteiger partial charge in [-0.3, -0.25) is 4.79 Å². The average Bonchev–Trinajstić information content (AvgIpc) is 3.31. The van der Waals surface area contributed by atoms with E-state index in [1.807, 2.05) is 0 Å². The summed E-state index contributed by atoms with van der Waals surface area (Å²) in [6.45, 7) is 2.18. The zero-order chi connectivity index (χ0) is 15.1. The molecule has 2 aliphatic rings. The summed E-state index contributed by atoms with van der Waals surface area (Å²) in [5.74, 6) is 2.41. The van der Waals surface area contributed by atoms with E-state index in [0.717, 1.165) is 30.9 Å². The zero-order valence-electron chi connectivity index (χ0n) is 13.5. The second-order valence-corrected chi connectivity index (χ2v) is 6.66. The Kier molecular flexibility index (Phi) is 6.33. The van der Waals surface area contributed by atoms with Crippen LogP contribution < -0.4 is 10.6 Å². The lowest BCUT2D eigenvalue weighted by atomic mass is 9.89. The minimum absolute atomic E-state index is 0.0418. The standard InChI is InChI=1S/C16H30N4O/c1-20(2)15(21)12-19-16(18-11-14-8-9-14)17-10-13-6-4-3-5-7-13/h13-14H,3-12H2,1-2H3,(H2,17,18,19). The third kappa shape index (κ3) is 6.36. The fraction of sp³-hybridized carbons (Fsp3) is 0.875. The quantitative estimate of drug-likeness (QED) is 0.578. The van der Waals surface area contributed by atoms with Crippen molar-refractivity contribution in [3.63, 3.8) is 0 Å². The molecule has 1 amide bonds. The monoisotopic (exact) mass is 294 g/mol. The van der Waals surface area contributed by atoms with Gasteiger partial charge < -0.3 is 15.5 Å². The second-order valence-electron chi connectivity index (χ2n) is 6.66. The number of likely N-dealkylation sites (N-methyl/N-ethyl adjacent to an activating group) is 1. The van der Waals surface area contributed by atoms with E-state index in [1.54, 1.807) is 19.0 Å². The van der Waals surface area contributed by atoms with Gasteiger partial charge in [0.05, 0.1) is 0 Å². The molecule has 0 spiro atoms. The van der Waals surface area contributed by atoms with Crippen LogP contribution in [-0.4, -0.2) is 50.5 Å². The Balaban J connectivity index is 1.78. The van der Waals surface area contributed by atoms with Gasteiger partial charge in [0.1, 0.15) is 6.54 Å². The number of carbonyl (C=O) groups excluding carboxylic acids is 1. The molecule has 0 aromatic carbocycles. The lowest BCUT2D eigenvalue weighted by Gasteiger charge is -2.23. The van der Waals surface area contributed by atoms with E-state index in [4.69, 9.17) is 0 Å². The van der Waals surface area contributed by atoms with Crippen molar-refractivity contribution in [3.05, 3.63) is 0 Å². The van der Waals surface area contributed by atoms with Crippen LogP contribution in [0.15, 0.2) is 4.99 Å². The Morgan fingerprint density at radius 2 is 1.57 bits per heavy atom. The number of guanidine groups is 1. The number of hydrogen-bond acceptors (Lipinski definition) is 2. The van der Waals surface area contributed by atoms with Crippen LogP contribution in [0, 0.1) is 11.8 Å². The maximum atomic E-state index is 11.7. The molecular formula is C16H30N4O. The molecule has 0 radical (unpaired) electrons. The SMILES string of the molecule is CN(C)C(=O)CN=C(NCC1CCCCC1)NCC1CC1. The third-order valence-corrected chi connectivity index (χ3v) is 4.41. The van der Waals surface area contributed by atoms with E-state index in [9.17, 15) is 4.79 Å². The minimum atomic E-state index is 0.0418. The van der Waals surface area contributed by atoms with Gasteiger partial charge in [-0.1, -0.05) is 19.3 Å². The highest BCUT2D eigenvalue weighted by Gasteiger charge is 2.21. The molecule has 0 atom stereocenters. The molecule has 0 unspecified atom stereocenters. The number of nitrogens with one attached hydrogen (secondary N) is 2. The number of carbonyl (C=O) groups is 1. The summed E-state index contributed by atoms with van der Waals surface area (Å²) in [6.07, 6.45) is 9.37. The highest BCUT2D eigenvalue weighted by atomic mass is 16.2. The van der Waals surface area contributed by atoms with Gasteiger partial charge in [-0.2, -0.15) is 0 Å². The van der Waals surface area contributed by atoms with E-state index in [2.05, 4.69) is 15.6 Å². The van der Waals surface area contributed by atoms with Crippen LogP contribution in [0.3, 0.4) is 0 Å². The maximum Gasteiger partial charge on any atom is 0.243 e. The Hall–Kier alpha value is -1.26. The number of amides is 1. The topological polar surface area (TPSA) is 56.7 Å². The van der Waals surface area contributed by atoms with Crippen molar-refractivity contribution in [1.29, 1.82) is 0 Å². The van der Waals surface area contributed by atoms with Gasteiger partial charge in [-0.25, -0.2) is 4.99 Å². The number of hydrogen-bond donors (Lipinski definition) is 2. The summed E-state index contributed by atoms with van der Waals surface area (Å²) in [5.41, 5.74) is 0. The van der Waals surface area contributed by atoms with E-state index in [-0.39, 0.29) is 12.5 Å². The molecule has 0 aromatic heterocycles. The lowest BCUT2D eigenvalue weighted by molar-refractivity contribution is -0.127. The first-order valence-corrected chi connectivity index (χ1v) is 8.37. The normalized spacial score (nSPS) is 20.2. The summed E-state index contributed by atoms with van der Waals surface area (Å²) >= 11 is 0. The maximum absolute atomic E-state index is 11.7. The summed E-state index contributed by atoms with van der Waals surface area (Å²) in [7, 11) is 3.54. The Morgan fingerprint density at radius 1 is 1.00 bits per heavy atom. The first-order valence-electron chi connectivity index (χ1n) is 8.37. The Bertz CT molecular complexity index is 357. The number of rotatable bonds is 6. The molecule has 0 bridgehead atoms. The predicted octanol–water partition coefficient (Wildman–Crippen LogP) is 1.60. The van der Waals surface area contributed by atoms with Gasteiger partial charge in [0.15, 0.2) is 5.96 Å². The Labute approximate surface area is 128 Å². The van der Waals surface area contributed by atoms with Crippen LogP contribution in [0.4, 0.5) is 0 Å². The Morgan fingerprint density at radius 3 is 2.10 bits per heavy atom. The first kappa shape index (κ1) is 16.1. The molecule has 2 aliphatic carbocycles. The highest BCUT2D eigenvalue weighted by molar-refractivity contribution is 5.84. The molecule has 0 aromatic rings. The van der Waals surface area contributed by atoms with Crippen molar-refractivity contribution >= 4 is 11.9 Å². The van der Waals surface area contributed by atoms with Gasteiger partial charge in [-0.05, 0) is 37.5 Å². The third-order valence-electron chi connectivity index (χ3n) is 4.41. The molecule has 2 saturated carbocycles. The van der Waals surface area contributed by atoms with Crippen molar-refractivity contribution in [2.45, 2.75) is 44.9 Å². The molecule has 5 nitrogen and oxygen atoms in total. The van der Waals surface area contributed by atoms with Gasteiger partial charge >= 0.3 is 0 Å². The molecule has 0 aliphatic heterocycles.